The third-order valence-electron chi connectivity index (χ3n) is 2.50. The van der Waals surface area contributed by atoms with E-state index in [0.29, 0.717) is 0 Å². The predicted molar refractivity (Wildman–Crippen MR) is 68.8 cm³/mol. The van der Waals surface area contributed by atoms with Crippen LogP contribution in [0.4, 0.5) is 0 Å². The Bertz CT molecular complexity index is 508. The second-order valence-corrected chi connectivity index (χ2v) is 3.48. The number of para-hydroxylation sites is 2. The molecule has 1 aromatic heterocycles. The van der Waals surface area contributed by atoms with Gasteiger partial charge in [-0.15, -0.1) is 0 Å². The maximum absolute atomic E-state index is 11.8. The lowest BCUT2D eigenvalue weighted by Gasteiger charge is -1.98. The number of benzene rings is 1. The van der Waals surface area contributed by atoms with Crippen LogP contribution in [0.15, 0.2) is 29.1 Å². The van der Waals surface area contributed by atoms with Crippen LogP contribution in [-0.4, -0.2) is 9.13 Å². The van der Waals surface area contributed by atoms with Crippen molar-refractivity contribution >= 4 is 11.0 Å². The Morgan fingerprint density at radius 1 is 1.12 bits per heavy atom. The number of nitrogens with zero attached hydrogens (tertiary/aromatic N) is 2. The van der Waals surface area contributed by atoms with Crippen LogP contribution in [-0.2, 0) is 13.6 Å². The quantitative estimate of drug-likeness (QED) is 0.764. The lowest BCUT2D eigenvalue weighted by atomic mass is 10.3. The van der Waals surface area contributed by atoms with E-state index in [2.05, 4.69) is 6.92 Å². The monoisotopic (exact) mass is 220 g/mol. The van der Waals surface area contributed by atoms with E-state index in [0.717, 1.165) is 24.0 Å². The molecule has 0 amide bonds. The number of fused-ring (bicyclic) bond motifs is 1. The van der Waals surface area contributed by atoms with Gasteiger partial charge in [0.15, 0.2) is 0 Å². The van der Waals surface area contributed by atoms with E-state index in [1.807, 2.05) is 49.7 Å². The lowest BCUT2D eigenvalue weighted by Crippen LogP contribution is -2.21. The maximum Gasteiger partial charge on any atom is 0.328 e. The zero-order chi connectivity index (χ0) is 12.1. The first kappa shape index (κ1) is 12.6. The molecule has 1 aromatic carbocycles. The Labute approximate surface area is 96.3 Å². The fraction of sp³-hybridized carbons (Fsp3) is 0.462. The molecule has 0 saturated heterocycles. The van der Waals surface area contributed by atoms with Crippen molar-refractivity contribution in [3.63, 3.8) is 0 Å². The molecule has 2 aromatic rings. The molecule has 3 nitrogen and oxygen atoms in total. The van der Waals surface area contributed by atoms with E-state index in [1.165, 1.54) is 0 Å². The molecule has 2 rings (SSSR count). The van der Waals surface area contributed by atoms with Crippen molar-refractivity contribution in [1.29, 1.82) is 0 Å². The van der Waals surface area contributed by atoms with E-state index >= 15 is 0 Å². The first-order chi connectivity index (χ1) is 7.75. The van der Waals surface area contributed by atoms with E-state index in [4.69, 9.17) is 0 Å². The molecule has 0 aliphatic heterocycles. The van der Waals surface area contributed by atoms with Crippen LogP contribution < -0.4 is 5.69 Å². The highest BCUT2D eigenvalue weighted by Crippen LogP contribution is 2.11. The molecule has 0 fully saturated rings. The average Bonchev–Trinajstić information content (AvgIpc) is 2.58. The summed E-state index contributed by atoms with van der Waals surface area (Å²) in [5, 5.41) is 0. The van der Waals surface area contributed by atoms with Gasteiger partial charge >= 0.3 is 5.69 Å². The van der Waals surface area contributed by atoms with E-state index in [9.17, 15) is 4.79 Å². The largest absolute Gasteiger partial charge is 0.328 e. The summed E-state index contributed by atoms with van der Waals surface area (Å²) in [5.74, 6) is 0. The van der Waals surface area contributed by atoms with Gasteiger partial charge in [-0.25, -0.2) is 4.79 Å². The molecule has 0 aliphatic rings. The number of hydrogen-bond acceptors (Lipinski definition) is 1. The minimum Gasteiger partial charge on any atom is -0.295 e. The number of aromatic nitrogens is 2. The summed E-state index contributed by atoms with van der Waals surface area (Å²) in [6.45, 7) is 6.87. The fourth-order valence-electron chi connectivity index (χ4n) is 1.80. The summed E-state index contributed by atoms with van der Waals surface area (Å²) < 4.78 is 3.53. The molecule has 0 aliphatic carbocycles. The molecule has 0 spiro atoms. The summed E-state index contributed by atoms with van der Waals surface area (Å²) in [4.78, 5) is 11.8. The van der Waals surface area contributed by atoms with Gasteiger partial charge in [0.1, 0.15) is 0 Å². The first-order valence-corrected chi connectivity index (χ1v) is 5.90. The van der Waals surface area contributed by atoms with Gasteiger partial charge in [-0.1, -0.05) is 32.9 Å². The van der Waals surface area contributed by atoms with Gasteiger partial charge in [-0.3, -0.25) is 9.13 Å². The highest BCUT2D eigenvalue weighted by Gasteiger charge is 2.07. The molecule has 16 heavy (non-hydrogen) atoms. The minimum atomic E-state index is 0.0769. The van der Waals surface area contributed by atoms with Crippen molar-refractivity contribution in [3.05, 3.63) is 34.7 Å². The molecule has 0 N–H and O–H groups in total. The molecule has 0 saturated carbocycles. The van der Waals surface area contributed by atoms with E-state index in [1.54, 1.807) is 4.57 Å². The fourth-order valence-corrected chi connectivity index (χ4v) is 1.80. The van der Waals surface area contributed by atoms with Crippen LogP contribution in [0, 0.1) is 0 Å². The van der Waals surface area contributed by atoms with E-state index in [-0.39, 0.29) is 5.69 Å². The molecule has 0 unspecified atom stereocenters. The van der Waals surface area contributed by atoms with Gasteiger partial charge in [0, 0.05) is 13.6 Å². The smallest absolute Gasteiger partial charge is 0.295 e. The summed E-state index contributed by atoms with van der Waals surface area (Å²) in [5.41, 5.74) is 2.11. The van der Waals surface area contributed by atoms with Crippen molar-refractivity contribution in [2.24, 2.45) is 7.05 Å². The molecule has 0 radical (unpaired) electrons. The lowest BCUT2D eigenvalue weighted by molar-refractivity contribution is 0.652. The third-order valence-corrected chi connectivity index (χ3v) is 2.50. The summed E-state index contributed by atoms with van der Waals surface area (Å²) in [6.07, 6.45) is 0.980. The zero-order valence-electron chi connectivity index (χ0n) is 10.5. The average molecular weight is 220 g/mol. The predicted octanol–water partition coefficient (Wildman–Crippen LogP) is 2.78. The van der Waals surface area contributed by atoms with Gasteiger partial charge in [-0.05, 0) is 18.6 Å². The second-order valence-electron chi connectivity index (χ2n) is 3.48. The second kappa shape index (κ2) is 5.54. The number of rotatable bonds is 2. The Balaban J connectivity index is 0.000000606. The minimum absolute atomic E-state index is 0.0769. The van der Waals surface area contributed by atoms with Crippen molar-refractivity contribution in [2.75, 3.05) is 0 Å². The number of hydrogen-bond donors (Lipinski definition) is 0. The standard InChI is InChI=1S/C11H14N2O.C2H6/c1-3-8-13-10-7-5-4-6-9(10)12(2)11(13)14;1-2/h4-7H,3,8H2,1-2H3;1-2H3. The summed E-state index contributed by atoms with van der Waals surface area (Å²) >= 11 is 0. The van der Waals surface area contributed by atoms with Crippen LogP contribution in [0.2, 0.25) is 0 Å². The Kier molecular flexibility index (Phi) is 4.35. The maximum atomic E-state index is 11.8. The van der Waals surface area contributed by atoms with E-state index < -0.39 is 0 Å². The zero-order valence-corrected chi connectivity index (χ0v) is 10.5. The van der Waals surface area contributed by atoms with Crippen molar-refractivity contribution < 1.29 is 0 Å². The van der Waals surface area contributed by atoms with Crippen molar-refractivity contribution in [3.8, 4) is 0 Å². The normalized spacial score (nSPS) is 10.0. The van der Waals surface area contributed by atoms with Gasteiger partial charge in [0.05, 0.1) is 11.0 Å². The van der Waals surface area contributed by atoms with Gasteiger partial charge in [-0.2, -0.15) is 0 Å². The van der Waals surface area contributed by atoms with Crippen molar-refractivity contribution in [2.45, 2.75) is 33.7 Å². The first-order valence-electron chi connectivity index (χ1n) is 5.90. The third kappa shape index (κ3) is 2.03. The van der Waals surface area contributed by atoms with Gasteiger partial charge < -0.3 is 0 Å². The summed E-state index contributed by atoms with van der Waals surface area (Å²) in [6, 6.07) is 7.89. The number of imidazole rings is 1. The highest BCUT2D eigenvalue weighted by atomic mass is 16.1. The Hall–Kier alpha value is -1.51. The summed E-state index contributed by atoms with van der Waals surface area (Å²) in [7, 11) is 1.82. The van der Waals surface area contributed by atoms with Gasteiger partial charge in [0.25, 0.3) is 0 Å². The Morgan fingerprint density at radius 2 is 1.69 bits per heavy atom. The Morgan fingerprint density at radius 3 is 2.25 bits per heavy atom. The molecule has 88 valence electrons. The highest BCUT2D eigenvalue weighted by molar-refractivity contribution is 5.75. The van der Waals surface area contributed by atoms with Gasteiger partial charge in [0.2, 0.25) is 0 Å². The van der Waals surface area contributed by atoms with Crippen molar-refractivity contribution in [1.82, 2.24) is 9.13 Å². The SMILES string of the molecule is CC.CCCn1c(=O)n(C)c2ccccc21. The molecule has 1 heterocycles. The molecular weight excluding hydrogens is 200 g/mol. The number of aryl methyl sites for hydroxylation is 2. The molecule has 0 bridgehead atoms. The van der Waals surface area contributed by atoms with Crippen LogP contribution in [0.25, 0.3) is 11.0 Å². The van der Waals surface area contributed by atoms with Crippen LogP contribution in [0.3, 0.4) is 0 Å². The topological polar surface area (TPSA) is 26.9 Å². The molecule has 0 atom stereocenters. The molecule has 3 heteroatoms. The van der Waals surface area contributed by atoms with Crippen LogP contribution in [0.5, 0.6) is 0 Å². The van der Waals surface area contributed by atoms with Crippen LogP contribution in [0.1, 0.15) is 27.2 Å². The van der Waals surface area contributed by atoms with Crippen LogP contribution >= 0.6 is 0 Å². The molecular formula is C13H20N2O.